The second kappa shape index (κ2) is 9.60. The Balaban J connectivity index is 1.99. The number of aryl methyl sites for hydroxylation is 4. The van der Waals surface area contributed by atoms with Crippen molar-refractivity contribution in [3.63, 3.8) is 0 Å². The molecule has 0 aliphatic carbocycles. The Bertz CT molecular complexity index is 1190. The topological polar surface area (TPSA) is 6.48 Å². The summed E-state index contributed by atoms with van der Waals surface area (Å²) in [5, 5.41) is 0. The molecule has 3 aromatic rings. The first kappa shape index (κ1) is 23.4. The third-order valence-corrected chi connectivity index (χ3v) is 11.2. The zero-order valence-electron chi connectivity index (χ0n) is 19.1. The van der Waals surface area contributed by atoms with Gasteiger partial charge in [0.25, 0.3) is 0 Å². The summed E-state index contributed by atoms with van der Waals surface area (Å²) in [7, 11) is 14.7. The van der Waals surface area contributed by atoms with Crippen LogP contribution in [-0.4, -0.2) is 22.1 Å². The Morgan fingerprint density at radius 1 is 0.719 bits per heavy atom. The molecule has 5 heteroatoms. The molecule has 0 spiro atoms. The maximum absolute atomic E-state index is 7.37. The Labute approximate surface area is 202 Å². The molecule has 4 rings (SSSR count). The fraction of sp³-hybridized carbons (Fsp3) is 0.259. The first-order chi connectivity index (χ1) is 15.3. The van der Waals surface area contributed by atoms with Crippen molar-refractivity contribution >= 4 is 39.7 Å². The molecule has 0 saturated carbocycles. The van der Waals surface area contributed by atoms with Crippen LogP contribution in [-0.2, 0) is 11.9 Å². The van der Waals surface area contributed by atoms with E-state index >= 15 is 0 Å². The molecule has 0 bridgehead atoms. The molecular weight excluding hydrogens is 524 g/mol. The van der Waals surface area contributed by atoms with Crippen molar-refractivity contribution in [3.05, 3.63) is 94.5 Å². The van der Waals surface area contributed by atoms with Crippen LogP contribution in [0.25, 0.3) is 0 Å². The fourth-order valence-electron chi connectivity index (χ4n) is 4.33. The summed E-state index contributed by atoms with van der Waals surface area (Å²) in [6.45, 7) is 10.4. The molecule has 3 aromatic carbocycles. The van der Waals surface area contributed by atoms with Crippen LogP contribution in [0.15, 0.2) is 66.7 Å². The van der Waals surface area contributed by atoms with E-state index in [1.54, 1.807) is 0 Å². The number of nitrogens with zero attached hydrogens (tertiary/aromatic N) is 2. The van der Waals surface area contributed by atoms with Gasteiger partial charge in [-0.3, -0.25) is 0 Å². The van der Waals surface area contributed by atoms with Gasteiger partial charge in [-0.1, -0.05) is 0 Å². The van der Waals surface area contributed by atoms with Gasteiger partial charge in [0.15, 0.2) is 0 Å². The van der Waals surface area contributed by atoms with E-state index in [9.17, 15) is 0 Å². The number of rotatable bonds is 3. The van der Waals surface area contributed by atoms with Crippen molar-refractivity contribution in [2.45, 2.75) is 34.1 Å². The van der Waals surface area contributed by atoms with E-state index in [4.69, 9.17) is 19.4 Å². The second-order valence-corrected chi connectivity index (χ2v) is 17.7. The maximum atomic E-state index is 7.37. The molecule has 1 aliphatic rings. The van der Waals surface area contributed by atoms with Crippen molar-refractivity contribution in [2.24, 2.45) is 0 Å². The fourth-order valence-corrected chi connectivity index (χ4v) is 10.4. The number of benzene rings is 3. The third-order valence-electron chi connectivity index (χ3n) is 5.74. The molecule has 1 saturated heterocycles. The van der Waals surface area contributed by atoms with Crippen LogP contribution in [0.1, 0.15) is 34.2 Å². The first-order valence-corrected chi connectivity index (χ1v) is 17.2. The van der Waals surface area contributed by atoms with Gasteiger partial charge in [-0.25, -0.2) is 0 Å². The zero-order valence-corrected chi connectivity index (χ0v) is 22.3. The van der Waals surface area contributed by atoms with E-state index < -0.39 is 11.9 Å². The Morgan fingerprint density at radius 2 is 1.22 bits per heavy atom. The van der Waals surface area contributed by atoms with E-state index in [1.807, 2.05) is 18.2 Å². The standard InChI is InChI=1S/C20H24N2.C7H6.2ClH.Ru/c1-15-6-8-19(17(3)12-15)21-10-5-11-22(14-21)20-9-7-16(2)13-18(20)4;1-7-5-3-2-4-6-7;;;/h6-9,12-13H,5,10-11H2,1-4H3;1-6H;2*1H;/q;;;;+2/p-2. The monoisotopic (exact) mass is 554 g/mol. The first-order valence-electron chi connectivity index (χ1n) is 10.9. The van der Waals surface area contributed by atoms with Crippen LogP contribution in [0.3, 0.4) is 0 Å². The van der Waals surface area contributed by atoms with Crippen molar-refractivity contribution in [1.29, 1.82) is 0 Å². The van der Waals surface area contributed by atoms with Gasteiger partial charge < -0.3 is 0 Å². The number of hydrogen-bond donors (Lipinski definition) is 0. The Kier molecular flexibility index (Phi) is 7.01. The van der Waals surface area contributed by atoms with Gasteiger partial charge in [-0.2, -0.15) is 0 Å². The quantitative estimate of drug-likeness (QED) is 0.321. The molecular formula is C27H30Cl2N2Ru. The predicted molar refractivity (Wildman–Crippen MR) is 139 cm³/mol. The van der Waals surface area contributed by atoms with Gasteiger partial charge >= 0.3 is 203 Å². The molecule has 0 aromatic heterocycles. The molecule has 0 radical (unpaired) electrons. The molecule has 1 aliphatic heterocycles. The number of halogens is 2. The van der Waals surface area contributed by atoms with E-state index in [1.165, 1.54) is 33.6 Å². The summed E-state index contributed by atoms with van der Waals surface area (Å²) >= 11 is -3.43. The molecule has 2 nitrogen and oxygen atoms in total. The summed E-state index contributed by atoms with van der Waals surface area (Å²) in [5.74, 6) is 0. The molecule has 0 amide bonds. The van der Waals surface area contributed by atoms with Crippen molar-refractivity contribution in [1.82, 2.24) is 0 Å². The minimum atomic E-state index is -3.43. The van der Waals surface area contributed by atoms with E-state index in [2.05, 4.69) is 90.6 Å². The minimum absolute atomic E-state index is 0.908. The molecule has 0 N–H and O–H groups in total. The summed E-state index contributed by atoms with van der Waals surface area (Å²) < 4.78 is 3.17. The second-order valence-electron chi connectivity index (χ2n) is 8.45. The zero-order chi connectivity index (χ0) is 22.9. The average Bonchev–Trinajstić information content (AvgIpc) is 2.74. The van der Waals surface area contributed by atoms with Gasteiger partial charge in [-0.15, -0.1) is 0 Å². The summed E-state index contributed by atoms with van der Waals surface area (Å²) in [6, 6.07) is 23.5. The van der Waals surface area contributed by atoms with Gasteiger partial charge in [-0.05, 0) is 0 Å². The van der Waals surface area contributed by atoms with Crippen molar-refractivity contribution in [3.8, 4) is 0 Å². The Hall–Kier alpha value is -1.80. The number of hydrogen-bond acceptors (Lipinski definition) is 2. The normalized spacial score (nSPS) is 15.1. The van der Waals surface area contributed by atoms with Crippen molar-refractivity contribution in [2.75, 3.05) is 22.9 Å². The third kappa shape index (κ3) is 4.91. The van der Waals surface area contributed by atoms with Crippen LogP contribution >= 0.6 is 19.4 Å². The average molecular weight is 555 g/mol. The van der Waals surface area contributed by atoms with Gasteiger partial charge in [0, 0.05) is 0 Å². The van der Waals surface area contributed by atoms with Gasteiger partial charge in [0.2, 0.25) is 0 Å². The Morgan fingerprint density at radius 3 is 1.69 bits per heavy atom. The summed E-state index contributed by atoms with van der Waals surface area (Å²) in [6.07, 6.45) is 1.04. The van der Waals surface area contributed by atoms with Crippen LogP contribution in [0, 0.1) is 27.7 Å². The SMILES string of the molecule is Cc1ccc(N2CCCN(c3ccc(C)cc3C)[C]2=[Ru]([Cl])([Cl])=[CH]c2ccccc2)c(C)c1. The van der Waals surface area contributed by atoms with Crippen molar-refractivity contribution < 1.29 is 11.9 Å². The molecule has 0 atom stereocenters. The van der Waals surface area contributed by atoms with Crippen LogP contribution in [0.2, 0.25) is 0 Å². The molecule has 170 valence electrons. The molecule has 1 heterocycles. The number of anilines is 2. The molecule has 32 heavy (non-hydrogen) atoms. The van der Waals surface area contributed by atoms with Crippen LogP contribution in [0.4, 0.5) is 11.4 Å². The van der Waals surface area contributed by atoms with Crippen LogP contribution < -0.4 is 9.80 Å². The van der Waals surface area contributed by atoms with Gasteiger partial charge in [0.1, 0.15) is 0 Å². The predicted octanol–water partition coefficient (Wildman–Crippen LogP) is 7.04. The van der Waals surface area contributed by atoms with E-state index in [0.29, 0.717) is 0 Å². The van der Waals surface area contributed by atoms with E-state index in [0.717, 1.165) is 29.4 Å². The van der Waals surface area contributed by atoms with E-state index in [-0.39, 0.29) is 0 Å². The van der Waals surface area contributed by atoms with Gasteiger partial charge in [0.05, 0.1) is 0 Å². The molecule has 1 fully saturated rings. The summed E-state index contributed by atoms with van der Waals surface area (Å²) in [4.78, 5) is 4.76. The summed E-state index contributed by atoms with van der Waals surface area (Å²) in [5.41, 5.74) is 8.45. The molecule has 0 unspecified atom stereocenters. The van der Waals surface area contributed by atoms with Crippen LogP contribution in [0.5, 0.6) is 0 Å².